The van der Waals surface area contributed by atoms with E-state index >= 15 is 0 Å². The van der Waals surface area contributed by atoms with Crippen molar-refractivity contribution >= 4 is 12.6 Å². The molecule has 0 amide bonds. The molecule has 0 radical (unpaired) electrons. The van der Waals surface area contributed by atoms with Crippen LogP contribution >= 0.6 is 12.6 Å². The maximum Gasteiger partial charge on any atom is 0.143 e. The van der Waals surface area contributed by atoms with Crippen LogP contribution in [0, 0.1) is 0 Å². The van der Waals surface area contributed by atoms with Crippen molar-refractivity contribution in [3.05, 3.63) is 0 Å². The minimum atomic E-state index is -0.232. The normalized spacial score (nSPS) is 10.0. The molecule has 0 aliphatic carbocycles. The molecule has 0 saturated carbocycles. The lowest BCUT2D eigenvalue weighted by Crippen LogP contribution is -2.06. The van der Waals surface area contributed by atoms with Gasteiger partial charge in [-0.15, -0.1) is 0 Å². The molecule has 0 aliphatic rings. The monoisotopic (exact) mass is 152 g/mol. The summed E-state index contributed by atoms with van der Waals surface area (Å²) in [5, 5.41) is 8.13. The summed E-state index contributed by atoms with van der Waals surface area (Å²) >= 11 is 3.93. The van der Waals surface area contributed by atoms with Crippen molar-refractivity contribution in [1.82, 2.24) is 0 Å². The first kappa shape index (κ1) is 9.23. The van der Waals surface area contributed by atoms with Gasteiger partial charge in [0.05, 0.1) is 19.8 Å². The number of thiol groups is 1. The molecular formula is C5H12O3S. The molecule has 0 spiro atoms. The summed E-state index contributed by atoms with van der Waals surface area (Å²) in [6.45, 7) is 1.38. The number of aliphatic hydroxyl groups is 1. The van der Waals surface area contributed by atoms with Gasteiger partial charge >= 0.3 is 0 Å². The summed E-state index contributed by atoms with van der Waals surface area (Å²) in [6.07, 6.45) is 0. The number of hydrogen-bond acceptors (Lipinski definition) is 4. The SMILES string of the molecule is OCOCCOCCS. The highest BCUT2D eigenvalue weighted by molar-refractivity contribution is 7.80. The minimum absolute atomic E-state index is 0.232. The van der Waals surface area contributed by atoms with E-state index in [0.29, 0.717) is 19.8 Å². The zero-order chi connectivity index (χ0) is 6.95. The van der Waals surface area contributed by atoms with Crippen molar-refractivity contribution < 1.29 is 14.6 Å². The Hall–Kier alpha value is 0.230. The van der Waals surface area contributed by atoms with E-state index in [-0.39, 0.29) is 6.79 Å². The van der Waals surface area contributed by atoms with E-state index in [1.165, 1.54) is 0 Å². The number of aliphatic hydroxyl groups excluding tert-OH is 1. The molecule has 0 bridgehead atoms. The summed E-state index contributed by atoms with van der Waals surface area (Å²) in [5.41, 5.74) is 0. The highest BCUT2D eigenvalue weighted by Gasteiger charge is 1.84. The predicted octanol–water partition coefficient (Wildman–Crippen LogP) is -0.101. The van der Waals surface area contributed by atoms with Crippen molar-refractivity contribution in [3.8, 4) is 0 Å². The second-order valence-corrected chi connectivity index (χ2v) is 1.82. The van der Waals surface area contributed by atoms with E-state index < -0.39 is 0 Å². The van der Waals surface area contributed by atoms with Crippen LogP contribution in [0.15, 0.2) is 0 Å². The highest BCUT2D eigenvalue weighted by atomic mass is 32.1. The second kappa shape index (κ2) is 8.23. The Morgan fingerprint density at radius 3 is 2.33 bits per heavy atom. The van der Waals surface area contributed by atoms with Gasteiger partial charge in [-0.2, -0.15) is 12.6 Å². The number of rotatable bonds is 6. The molecule has 0 fully saturated rings. The quantitative estimate of drug-likeness (QED) is 0.317. The van der Waals surface area contributed by atoms with Crippen LogP contribution in [0.5, 0.6) is 0 Å². The Balaban J connectivity index is 2.60. The molecule has 3 nitrogen and oxygen atoms in total. The minimum Gasteiger partial charge on any atom is -0.378 e. The third kappa shape index (κ3) is 8.23. The van der Waals surface area contributed by atoms with Gasteiger partial charge in [-0.25, -0.2) is 0 Å². The largest absolute Gasteiger partial charge is 0.378 e. The number of ether oxygens (including phenoxy) is 2. The lowest BCUT2D eigenvalue weighted by molar-refractivity contribution is -0.0272. The lowest BCUT2D eigenvalue weighted by Gasteiger charge is -2.00. The van der Waals surface area contributed by atoms with Crippen LogP contribution in [0.25, 0.3) is 0 Å². The van der Waals surface area contributed by atoms with E-state index in [2.05, 4.69) is 17.4 Å². The van der Waals surface area contributed by atoms with Gasteiger partial charge in [0.2, 0.25) is 0 Å². The molecule has 0 aromatic rings. The van der Waals surface area contributed by atoms with Crippen molar-refractivity contribution in [2.75, 3.05) is 32.4 Å². The Kier molecular flexibility index (Phi) is 8.44. The van der Waals surface area contributed by atoms with Gasteiger partial charge in [0.25, 0.3) is 0 Å². The van der Waals surface area contributed by atoms with E-state index in [4.69, 9.17) is 9.84 Å². The molecule has 0 atom stereocenters. The fourth-order valence-corrected chi connectivity index (χ4v) is 0.478. The van der Waals surface area contributed by atoms with Crippen LogP contribution in [-0.2, 0) is 9.47 Å². The Labute approximate surface area is 60.4 Å². The van der Waals surface area contributed by atoms with Crippen LogP contribution in [0.1, 0.15) is 0 Å². The summed E-state index contributed by atoms with van der Waals surface area (Å²) < 4.78 is 9.56. The van der Waals surface area contributed by atoms with Crippen molar-refractivity contribution in [2.45, 2.75) is 0 Å². The zero-order valence-corrected chi connectivity index (χ0v) is 6.14. The van der Waals surface area contributed by atoms with Crippen LogP contribution in [0.2, 0.25) is 0 Å². The maximum absolute atomic E-state index is 8.13. The third-order valence-corrected chi connectivity index (χ3v) is 0.881. The zero-order valence-electron chi connectivity index (χ0n) is 5.25. The molecule has 0 rings (SSSR count). The molecular weight excluding hydrogens is 140 g/mol. The van der Waals surface area contributed by atoms with Gasteiger partial charge in [-0.1, -0.05) is 0 Å². The van der Waals surface area contributed by atoms with Crippen LogP contribution < -0.4 is 0 Å². The van der Waals surface area contributed by atoms with E-state index in [1.807, 2.05) is 0 Å². The average molecular weight is 152 g/mol. The van der Waals surface area contributed by atoms with Crippen molar-refractivity contribution in [2.24, 2.45) is 0 Å². The fourth-order valence-electron chi connectivity index (χ4n) is 0.349. The molecule has 0 aromatic heterocycles. The van der Waals surface area contributed by atoms with Gasteiger partial charge in [0, 0.05) is 5.75 Å². The van der Waals surface area contributed by atoms with Gasteiger partial charge in [-0.3, -0.25) is 0 Å². The first-order valence-electron chi connectivity index (χ1n) is 2.79. The van der Waals surface area contributed by atoms with E-state index in [1.54, 1.807) is 0 Å². The topological polar surface area (TPSA) is 38.7 Å². The molecule has 0 aromatic carbocycles. The maximum atomic E-state index is 8.13. The van der Waals surface area contributed by atoms with Crippen LogP contribution in [0.4, 0.5) is 0 Å². The standard InChI is InChI=1S/C5H12O3S/c6-5-8-2-1-7-3-4-9/h6,9H,1-5H2. The fraction of sp³-hybridized carbons (Fsp3) is 1.00. The second-order valence-electron chi connectivity index (χ2n) is 1.37. The summed E-state index contributed by atoms with van der Waals surface area (Å²) in [7, 11) is 0. The van der Waals surface area contributed by atoms with Gasteiger partial charge in [-0.05, 0) is 0 Å². The lowest BCUT2D eigenvalue weighted by atomic mass is 10.7. The molecule has 0 unspecified atom stereocenters. The number of hydrogen-bond donors (Lipinski definition) is 2. The van der Waals surface area contributed by atoms with Crippen molar-refractivity contribution in [3.63, 3.8) is 0 Å². The highest BCUT2D eigenvalue weighted by Crippen LogP contribution is 1.78. The Morgan fingerprint density at radius 2 is 1.78 bits per heavy atom. The van der Waals surface area contributed by atoms with E-state index in [9.17, 15) is 0 Å². The first-order chi connectivity index (χ1) is 4.41. The summed E-state index contributed by atoms with van der Waals surface area (Å²) in [4.78, 5) is 0. The molecule has 0 saturated heterocycles. The molecule has 56 valence electrons. The van der Waals surface area contributed by atoms with Crippen molar-refractivity contribution in [1.29, 1.82) is 0 Å². The summed E-state index contributed by atoms with van der Waals surface area (Å²) in [5.74, 6) is 0.721. The Morgan fingerprint density at radius 1 is 1.11 bits per heavy atom. The van der Waals surface area contributed by atoms with Gasteiger partial charge in [0.1, 0.15) is 6.79 Å². The van der Waals surface area contributed by atoms with E-state index in [0.717, 1.165) is 5.75 Å². The first-order valence-corrected chi connectivity index (χ1v) is 3.42. The van der Waals surface area contributed by atoms with Gasteiger partial charge < -0.3 is 14.6 Å². The molecule has 0 heterocycles. The van der Waals surface area contributed by atoms with Gasteiger partial charge in [0.15, 0.2) is 0 Å². The molecule has 1 N–H and O–H groups in total. The molecule has 4 heteroatoms. The Bertz CT molecular complexity index is 45.5. The molecule has 9 heavy (non-hydrogen) atoms. The third-order valence-electron chi connectivity index (χ3n) is 0.699. The van der Waals surface area contributed by atoms with Crippen LogP contribution in [0.3, 0.4) is 0 Å². The molecule has 0 aliphatic heterocycles. The van der Waals surface area contributed by atoms with Crippen LogP contribution in [-0.4, -0.2) is 37.5 Å². The smallest absolute Gasteiger partial charge is 0.143 e. The average Bonchev–Trinajstić information content (AvgIpc) is 1.89. The summed E-state index contributed by atoms with van der Waals surface area (Å²) in [6, 6.07) is 0. The predicted molar refractivity (Wildman–Crippen MR) is 37.7 cm³/mol.